The molecule has 0 aliphatic rings. The van der Waals surface area contributed by atoms with Crippen molar-refractivity contribution in [3.8, 4) is 0 Å². The van der Waals surface area contributed by atoms with Crippen LogP contribution in [-0.2, 0) is 6.54 Å². The molecule has 0 N–H and O–H groups in total. The predicted molar refractivity (Wildman–Crippen MR) is 72.6 cm³/mol. The van der Waals surface area contributed by atoms with Crippen molar-refractivity contribution in [2.45, 2.75) is 6.54 Å². The molecule has 2 aromatic carbocycles. The Kier molecular flexibility index (Phi) is 3.25. The Balaban J connectivity index is 1.94. The van der Waals surface area contributed by atoms with Crippen LogP contribution in [0.3, 0.4) is 0 Å². The van der Waals surface area contributed by atoms with E-state index in [-0.39, 0.29) is 12.1 Å². The molecule has 0 atom stereocenters. The van der Waals surface area contributed by atoms with Crippen LogP contribution in [-0.4, -0.2) is 10.4 Å². The molecule has 0 saturated heterocycles. The average molecular weight is 289 g/mol. The molecule has 2 nitrogen and oxygen atoms in total. The Bertz CT molecular complexity index is 839. The molecule has 3 aromatic rings. The molecule has 0 spiro atoms. The first-order valence-electron chi connectivity index (χ1n) is 6.27. The van der Waals surface area contributed by atoms with Gasteiger partial charge >= 0.3 is 0 Å². The molecule has 3 rings (SSSR count). The lowest BCUT2D eigenvalue weighted by molar-refractivity contribution is 0.0969. The Morgan fingerprint density at radius 1 is 0.952 bits per heavy atom. The SMILES string of the molecule is O=C(Cn1ccc2ccc(F)cc21)c1ccc(F)cc1F. The summed E-state index contributed by atoms with van der Waals surface area (Å²) in [5.41, 5.74) is 0.362. The van der Waals surface area contributed by atoms with Gasteiger partial charge < -0.3 is 4.57 Å². The maximum atomic E-state index is 13.6. The summed E-state index contributed by atoms with van der Waals surface area (Å²) in [5.74, 6) is -2.56. The molecule has 1 heterocycles. The minimum Gasteiger partial charge on any atom is -0.340 e. The van der Waals surface area contributed by atoms with Gasteiger partial charge in [-0.25, -0.2) is 13.2 Å². The zero-order chi connectivity index (χ0) is 15.0. The van der Waals surface area contributed by atoms with E-state index >= 15 is 0 Å². The van der Waals surface area contributed by atoms with Crippen molar-refractivity contribution in [2.24, 2.45) is 0 Å². The van der Waals surface area contributed by atoms with Crippen molar-refractivity contribution in [1.82, 2.24) is 4.57 Å². The van der Waals surface area contributed by atoms with Gasteiger partial charge in [-0.3, -0.25) is 4.79 Å². The maximum Gasteiger partial charge on any atom is 0.185 e. The van der Waals surface area contributed by atoms with Gasteiger partial charge in [0.15, 0.2) is 5.78 Å². The van der Waals surface area contributed by atoms with E-state index in [9.17, 15) is 18.0 Å². The van der Waals surface area contributed by atoms with Gasteiger partial charge in [-0.15, -0.1) is 0 Å². The quantitative estimate of drug-likeness (QED) is 0.669. The lowest BCUT2D eigenvalue weighted by Crippen LogP contribution is -2.11. The molecule has 0 unspecified atom stereocenters. The fourth-order valence-electron chi connectivity index (χ4n) is 2.25. The highest BCUT2D eigenvalue weighted by atomic mass is 19.1. The summed E-state index contributed by atoms with van der Waals surface area (Å²) in [4.78, 5) is 12.1. The topological polar surface area (TPSA) is 22.0 Å². The number of halogens is 3. The zero-order valence-corrected chi connectivity index (χ0v) is 10.8. The molecule has 0 fully saturated rings. The number of rotatable bonds is 3. The molecule has 0 aliphatic heterocycles. The fraction of sp³-hybridized carbons (Fsp3) is 0.0625. The van der Waals surface area contributed by atoms with Crippen LogP contribution in [0.5, 0.6) is 0 Å². The van der Waals surface area contributed by atoms with E-state index in [0.717, 1.165) is 17.5 Å². The highest BCUT2D eigenvalue weighted by Crippen LogP contribution is 2.18. The highest BCUT2D eigenvalue weighted by molar-refractivity contribution is 5.97. The number of hydrogen-bond donors (Lipinski definition) is 0. The Labute approximate surface area is 118 Å². The summed E-state index contributed by atoms with van der Waals surface area (Å²) >= 11 is 0. The predicted octanol–water partition coefficient (Wildman–Crippen LogP) is 3.94. The van der Waals surface area contributed by atoms with E-state index in [2.05, 4.69) is 0 Å². The van der Waals surface area contributed by atoms with Gasteiger partial charge in [-0.05, 0) is 41.8 Å². The first-order chi connectivity index (χ1) is 10.0. The van der Waals surface area contributed by atoms with Gasteiger partial charge in [-0.2, -0.15) is 0 Å². The molecule has 1 aromatic heterocycles. The van der Waals surface area contributed by atoms with Crippen molar-refractivity contribution < 1.29 is 18.0 Å². The molecule has 0 bridgehead atoms. The van der Waals surface area contributed by atoms with Crippen LogP contribution in [0, 0.1) is 17.5 Å². The molecule has 21 heavy (non-hydrogen) atoms. The van der Waals surface area contributed by atoms with Crippen molar-refractivity contribution in [3.05, 3.63) is 71.7 Å². The van der Waals surface area contributed by atoms with Gasteiger partial charge in [0.1, 0.15) is 17.5 Å². The van der Waals surface area contributed by atoms with E-state index < -0.39 is 23.2 Å². The van der Waals surface area contributed by atoms with E-state index in [4.69, 9.17) is 0 Å². The molecular formula is C16H10F3NO. The summed E-state index contributed by atoms with van der Waals surface area (Å²) in [6, 6.07) is 8.79. The van der Waals surface area contributed by atoms with Crippen LogP contribution in [0.15, 0.2) is 48.7 Å². The number of Topliss-reactive ketones (excluding diaryl/α,β-unsaturated/α-hetero) is 1. The average Bonchev–Trinajstić information content (AvgIpc) is 2.81. The lowest BCUT2D eigenvalue weighted by atomic mass is 10.1. The molecule has 0 saturated carbocycles. The standard InChI is InChI=1S/C16H10F3NO/c17-11-3-4-13(14(19)7-11)16(21)9-20-6-5-10-1-2-12(18)8-15(10)20/h1-8H,9H2. The second kappa shape index (κ2) is 5.09. The number of hydrogen-bond acceptors (Lipinski definition) is 1. The summed E-state index contributed by atoms with van der Waals surface area (Å²) < 4.78 is 41.2. The number of benzene rings is 2. The molecule has 106 valence electrons. The van der Waals surface area contributed by atoms with Gasteiger partial charge in [0, 0.05) is 12.3 Å². The first-order valence-corrected chi connectivity index (χ1v) is 6.27. The summed E-state index contributed by atoms with van der Waals surface area (Å²) in [5, 5.41) is 0.781. The van der Waals surface area contributed by atoms with Gasteiger partial charge in [0.25, 0.3) is 0 Å². The number of fused-ring (bicyclic) bond motifs is 1. The van der Waals surface area contributed by atoms with Crippen molar-refractivity contribution in [1.29, 1.82) is 0 Å². The van der Waals surface area contributed by atoms with E-state index in [0.29, 0.717) is 11.6 Å². The molecule has 5 heteroatoms. The number of nitrogens with zero attached hydrogens (tertiary/aromatic N) is 1. The minimum atomic E-state index is -0.900. The van der Waals surface area contributed by atoms with Crippen molar-refractivity contribution >= 4 is 16.7 Å². The number of carbonyl (C=O) groups excluding carboxylic acids is 1. The third-order valence-corrected chi connectivity index (χ3v) is 3.28. The minimum absolute atomic E-state index is 0.143. The van der Waals surface area contributed by atoms with Crippen molar-refractivity contribution in [3.63, 3.8) is 0 Å². The summed E-state index contributed by atoms with van der Waals surface area (Å²) in [7, 11) is 0. The Hall–Kier alpha value is -2.56. The van der Waals surface area contributed by atoms with Crippen LogP contribution in [0.1, 0.15) is 10.4 Å². The fourth-order valence-corrected chi connectivity index (χ4v) is 2.25. The van der Waals surface area contributed by atoms with Crippen LogP contribution < -0.4 is 0 Å². The molecule has 0 amide bonds. The van der Waals surface area contributed by atoms with E-state index in [1.54, 1.807) is 18.3 Å². The van der Waals surface area contributed by atoms with Crippen molar-refractivity contribution in [2.75, 3.05) is 0 Å². The third-order valence-electron chi connectivity index (χ3n) is 3.28. The maximum absolute atomic E-state index is 13.6. The third kappa shape index (κ3) is 2.54. The number of ketones is 1. The summed E-state index contributed by atoms with van der Waals surface area (Å²) in [6.45, 7) is -0.143. The van der Waals surface area contributed by atoms with Crippen LogP contribution >= 0.6 is 0 Å². The Morgan fingerprint density at radius 2 is 1.67 bits per heavy atom. The smallest absolute Gasteiger partial charge is 0.185 e. The van der Waals surface area contributed by atoms with Crippen LogP contribution in [0.25, 0.3) is 10.9 Å². The molecule has 0 aliphatic carbocycles. The number of carbonyl (C=O) groups is 1. The van der Waals surface area contributed by atoms with Crippen LogP contribution in [0.4, 0.5) is 13.2 Å². The first kappa shape index (κ1) is 13.4. The second-order valence-electron chi connectivity index (χ2n) is 4.69. The van der Waals surface area contributed by atoms with E-state index in [1.165, 1.54) is 16.7 Å². The molecular weight excluding hydrogens is 279 g/mol. The zero-order valence-electron chi connectivity index (χ0n) is 10.8. The Morgan fingerprint density at radius 3 is 2.43 bits per heavy atom. The highest BCUT2D eigenvalue weighted by Gasteiger charge is 2.14. The van der Waals surface area contributed by atoms with E-state index in [1.807, 2.05) is 0 Å². The van der Waals surface area contributed by atoms with Gasteiger partial charge in [-0.1, -0.05) is 0 Å². The lowest BCUT2D eigenvalue weighted by Gasteiger charge is -2.06. The second-order valence-corrected chi connectivity index (χ2v) is 4.69. The molecule has 0 radical (unpaired) electrons. The van der Waals surface area contributed by atoms with Gasteiger partial charge in [0.05, 0.1) is 17.6 Å². The summed E-state index contributed by atoms with van der Waals surface area (Å²) in [6.07, 6.45) is 1.63. The van der Waals surface area contributed by atoms with Crippen LogP contribution in [0.2, 0.25) is 0 Å². The monoisotopic (exact) mass is 289 g/mol. The number of aromatic nitrogens is 1. The largest absolute Gasteiger partial charge is 0.340 e. The van der Waals surface area contributed by atoms with Gasteiger partial charge in [0.2, 0.25) is 0 Å². The normalized spacial score (nSPS) is 11.0.